The second-order valence-corrected chi connectivity index (χ2v) is 10.4. The summed E-state index contributed by atoms with van der Waals surface area (Å²) in [5.41, 5.74) is 0. The summed E-state index contributed by atoms with van der Waals surface area (Å²) >= 11 is 0. The van der Waals surface area contributed by atoms with E-state index in [1.165, 1.54) is 25.9 Å². The van der Waals surface area contributed by atoms with Crippen molar-refractivity contribution >= 4 is 8.56 Å². The molecule has 0 heterocycles. The second-order valence-electron chi connectivity index (χ2n) is 6.71. The van der Waals surface area contributed by atoms with Gasteiger partial charge in [0.1, 0.15) is 0 Å². The zero-order valence-corrected chi connectivity index (χ0v) is 19.1. The first-order valence-corrected chi connectivity index (χ1v) is 12.5. The highest BCUT2D eigenvalue weighted by Gasteiger charge is 2.35. The van der Waals surface area contributed by atoms with Crippen molar-refractivity contribution in [2.75, 3.05) is 72.7 Å². The molecule has 0 aromatic carbocycles. The minimum absolute atomic E-state index is 0.979. The number of hydrogen-bond donors (Lipinski definition) is 0. The fourth-order valence-corrected chi connectivity index (χ4v) is 5.56. The summed E-state index contributed by atoms with van der Waals surface area (Å²) in [7, 11) is 1.58. The van der Waals surface area contributed by atoms with E-state index in [-0.39, 0.29) is 0 Å². The van der Waals surface area contributed by atoms with Crippen LogP contribution in [0.25, 0.3) is 0 Å². The Morgan fingerprint density at radius 1 is 0.600 bits per heavy atom. The van der Waals surface area contributed by atoms with E-state index in [0.29, 0.717) is 0 Å². The Morgan fingerprint density at radius 2 is 0.960 bits per heavy atom. The Hall–Kier alpha value is 0.0169. The first-order chi connectivity index (χ1) is 12.0. The molecular weight excluding hydrogens is 330 g/mol. The van der Waals surface area contributed by atoms with Crippen molar-refractivity contribution in [1.29, 1.82) is 0 Å². The third kappa shape index (κ3) is 10.1. The third-order valence-corrected chi connectivity index (χ3v) is 8.93. The predicted molar refractivity (Wildman–Crippen MR) is 112 cm³/mol. The molecule has 0 aliphatic carbocycles. The van der Waals surface area contributed by atoms with E-state index in [0.717, 1.165) is 51.5 Å². The van der Waals surface area contributed by atoms with Crippen molar-refractivity contribution in [2.45, 2.75) is 53.5 Å². The summed E-state index contributed by atoms with van der Waals surface area (Å²) in [5.74, 6) is 0. The van der Waals surface area contributed by atoms with Gasteiger partial charge in [0.2, 0.25) is 0 Å². The maximum Gasteiger partial charge on any atom is 0.351 e. The molecule has 0 radical (unpaired) electrons. The lowest BCUT2D eigenvalue weighted by Gasteiger charge is -2.33. The Balaban J connectivity index is 4.63. The number of rotatable bonds is 17. The van der Waals surface area contributed by atoms with Crippen molar-refractivity contribution < 1.29 is 8.85 Å². The quantitative estimate of drug-likeness (QED) is 0.364. The van der Waals surface area contributed by atoms with Gasteiger partial charge < -0.3 is 23.6 Å². The van der Waals surface area contributed by atoms with Gasteiger partial charge in [0.05, 0.1) is 0 Å². The Labute approximate surface area is 158 Å². The molecule has 0 aliphatic rings. The first-order valence-electron chi connectivity index (χ1n) is 10.3. The molecule has 0 N–H and O–H groups in total. The molecule has 0 saturated heterocycles. The highest BCUT2D eigenvalue weighted by atomic mass is 28.4. The van der Waals surface area contributed by atoms with Crippen LogP contribution in [-0.4, -0.2) is 96.0 Å². The van der Waals surface area contributed by atoms with E-state index in [2.05, 4.69) is 49.3 Å². The molecule has 0 atom stereocenters. The third-order valence-electron chi connectivity index (χ3n) is 5.43. The molecule has 0 aromatic rings. The molecule has 0 aliphatic heterocycles. The fraction of sp³-hybridized carbons (Fsp3) is 1.00. The van der Waals surface area contributed by atoms with Crippen LogP contribution in [0.3, 0.4) is 0 Å². The van der Waals surface area contributed by atoms with Gasteiger partial charge in [-0.05, 0) is 71.2 Å². The van der Waals surface area contributed by atoms with E-state index >= 15 is 0 Å². The standard InChI is InChI=1S/C19H45N3O2Si/c1-8-20(9-2)15-13-17-22(18-14-16-21(10-3)11-4)19-25(12-5,23-6)24-7/h8-19H2,1-7H3. The van der Waals surface area contributed by atoms with Crippen molar-refractivity contribution in [2.24, 2.45) is 0 Å². The second kappa shape index (κ2) is 15.1. The van der Waals surface area contributed by atoms with Gasteiger partial charge >= 0.3 is 8.56 Å². The van der Waals surface area contributed by atoms with E-state index in [1.54, 1.807) is 0 Å². The average Bonchev–Trinajstić information content (AvgIpc) is 2.66. The lowest BCUT2D eigenvalue weighted by Crippen LogP contribution is -2.51. The minimum atomic E-state index is -2.07. The summed E-state index contributed by atoms with van der Waals surface area (Å²) in [6, 6.07) is 1.00. The Morgan fingerprint density at radius 3 is 1.24 bits per heavy atom. The van der Waals surface area contributed by atoms with Gasteiger partial charge in [-0.2, -0.15) is 0 Å². The van der Waals surface area contributed by atoms with Crippen LogP contribution in [0.15, 0.2) is 0 Å². The molecule has 25 heavy (non-hydrogen) atoms. The van der Waals surface area contributed by atoms with Gasteiger partial charge in [-0.25, -0.2) is 0 Å². The molecule has 0 aromatic heterocycles. The molecule has 0 saturated carbocycles. The summed E-state index contributed by atoms with van der Waals surface area (Å²) in [5, 5.41) is 0. The van der Waals surface area contributed by atoms with Gasteiger partial charge in [0, 0.05) is 20.4 Å². The summed E-state index contributed by atoms with van der Waals surface area (Å²) < 4.78 is 11.7. The highest BCUT2D eigenvalue weighted by Crippen LogP contribution is 2.14. The summed E-state index contributed by atoms with van der Waals surface area (Å²) in [6.45, 7) is 20.4. The van der Waals surface area contributed by atoms with Crippen molar-refractivity contribution in [3.8, 4) is 0 Å². The maximum absolute atomic E-state index is 5.86. The molecule has 0 amide bonds. The molecule has 0 bridgehead atoms. The topological polar surface area (TPSA) is 28.2 Å². The van der Waals surface area contributed by atoms with Crippen LogP contribution in [0.2, 0.25) is 6.04 Å². The van der Waals surface area contributed by atoms with Crippen LogP contribution in [0.1, 0.15) is 47.5 Å². The van der Waals surface area contributed by atoms with Crippen LogP contribution < -0.4 is 0 Å². The van der Waals surface area contributed by atoms with Gasteiger partial charge in [-0.1, -0.05) is 34.6 Å². The van der Waals surface area contributed by atoms with Gasteiger partial charge in [-0.3, -0.25) is 0 Å². The van der Waals surface area contributed by atoms with Gasteiger partial charge in [0.25, 0.3) is 0 Å². The fourth-order valence-electron chi connectivity index (χ4n) is 3.34. The molecule has 0 rings (SSSR count). The molecule has 0 fully saturated rings. The molecule has 0 unspecified atom stereocenters. The first kappa shape index (κ1) is 25.0. The average molecular weight is 376 g/mol. The van der Waals surface area contributed by atoms with E-state index in [9.17, 15) is 0 Å². The molecule has 5 nitrogen and oxygen atoms in total. The van der Waals surface area contributed by atoms with Gasteiger partial charge in [0.15, 0.2) is 0 Å². The molecular formula is C19H45N3O2Si. The van der Waals surface area contributed by atoms with Crippen LogP contribution in [0, 0.1) is 0 Å². The normalized spacial score (nSPS) is 12.7. The smallest absolute Gasteiger partial charge is 0.351 e. The highest BCUT2D eigenvalue weighted by molar-refractivity contribution is 6.67. The largest absolute Gasteiger partial charge is 0.397 e. The predicted octanol–water partition coefficient (Wildman–Crippen LogP) is 3.05. The minimum Gasteiger partial charge on any atom is -0.397 e. The van der Waals surface area contributed by atoms with E-state index < -0.39 is 8.56 Å². The molecule has 152 valence electrons. The van der Waals surface area contributed by atoms with E-state index in [4.69, 9.17) is 8.85 Å². The van der Waals surface area contributed by atoms with Crippen LogP contribution in [0.4, 0.5) is 0 Å². The molecule has 0 spiro atoms. The van der Waals surface area contributed by atoms with Crippen molar-refractivity contribution in [1.82, 2.24) is 14.7 Å². The Bertz CT molecular complexity index is 270. The monoisotopic (exact) mass is 375 g/mol. The number of nitrogens with zero attached hydrogens (tertiary/aromatic N) is 3. The molecule has 6 heteroatoms. The summed E-state index contributed by atoms with van der Waals surface area (Å²) in [4.78, 5) is 7.60. The zero-order chi connectivity index (χ0) is 19.1. The zero-order valence-electron chi connectivity index (χ0n) is 18.1. The van der Waals surface area contributed by atoms with Gasteiger partial charge in [-0.15, -0.1) is 0 Å². The summed E-state index contributed by atoms with van der Waals surface area (Å²) in [6.07, 6.45) is 3.41. The number of hydrogen-bond acceptors (Lipinski definition) is 5. The SMILES string of the molecule is CCN(CC)CCCN(CCCN(CC)CC)C[Si](CC)(OC)OC. The maximum atomic E-state index is 5.86. The van der Waals surface area contributed by atoms with Crippen LogP contribution in [-0.2, 0) is 8.85 Å². The lowest BCUT2D eigenvalue weighted by atomic mass is 10.3. The van der Waals surface area contributed by atoms with Crippen LogP contribution in [0.5, 0.6) is 0 Å². The van der Waals surface area contributed by atoms with Crippen LogP contribution >= 0.6 is 0 Å². The Kier molecular flexibility index (Phi) is 15.1. The van der Waals surface area contributed by atoms with Crippen molar-refractivity contribution in [3.05, 3.63) is 0 Å². The van der Waals surface area contributed by atoms with E-state index in [1.807, 2.05) is 14.2 Å². The van der Waals surface area contributed by atoms with Crippen molar-refractivity contribution in [3.63, 3.8) is 0 Å². The lowest BCUT2D eigenvalue weighted by molar-refractivity contribution is 0.188.